The highest BCUT2D eigenvalue weighted by Crippen LogP contribution is 2.41. The van der Waals surface area contributed by atoms with Crippen LogP contribution < -0.4 is 5.73 Å². The average Bonchev–Trinajstić information content (AvgIpc) is 3.00. The molecule has 0 aromatic heterocycles. The Labute approximate surface area is 104 Å². The van der Waals surface area contributed by atoms with Gasteiger partial charge in [0, 0.05) is 5.69 Å². The molecule has 0 aliphatic heterocycles. The molecule has 17 heavy (non-hydrogen) atoms. The van der Waals surface area contributed by atoms with Gasteiger partial charge in [0.25, 0.3) is 0 Å². The number of nitrogen functional groups attached to an aromatic ring is 1. The molecule has 3 rings (SSSR count). The summed E-state index contributed by atoms with van der Waals surface area (Å²) >= 11 is 0. The molecule has 1 nitrogen and oxygen atoms in total. The van der Waals surface area contributed by atoms with Crippen LogP contribution in [0.4, 0.5) is 5.69 Å². The lowest BCUT2D eigenvalue weighted by Gasteiger charge is -2.22. The third-order valence-electron chi connectivity index (χ3n) is 4.96. The smallest absolute Gasteiger partial charge is 0.0384 e. The molecule has 1 aromatic rings. The predicted octanol–water partition coefficient (Wildman–Crippen LogP) is 4.05. The van der Waals surface area contributed by atoms with Crippen molar-refractivity contribution in [1.29, 1.82) is 0 Å². The summed E-state index contributed by atoms with van der Waals surface area (Å²) in [5.41, 5.74) is 11.9. The topological polar surface area (TPSA) is 26.0 Å². The van der Waals surface area contributed by atoms with Crippen molar-refractivity contribution in [3.8, 4) is 0 Å². The van der Waals surface area contributed by atoms with E-state index < -0.39 is 0 Å². The molecule has 2 N–H and O–H groups in total. The van der Waals surface area contributed by atoms with Crippen molar-refractivity contribution < 1.29 is 0 Å². The fourth-order valence-electron chi connectivity index (χ4n) is 3.82. The summed E-state index contributed by atoms with van der Waals surface area (Å²) in [5, 5.41) is 0. The van der Waals surface area contributed by atoms with Gasteiger partial charge < -0.3 is 5.73 Å². The number of anilines is 1. The third kappa shape index (κ3) is 1.86. The predicted molar refractivity (Wildman–Crippen MR) is 73.3 cm³/mol. The Hall–Kier alpha value is -0.980. The highest BCUT2D eigenvalue weighted by molar-refractivity contribution is 5.60. The van der Waals surface area contributed by atoms with E-state index in [0.29, 0.717) is 5.92 Å². The Morgan fingerprint density at radius 2 is 1.88 bits per heavy atom. The second-order valence-corrected chi connectivity index (χ2v) is 5.89. The number of nitrogens with two attached hydrogens (primary N) is 1. The standard InChI is InChI=1S/C16H23N/c1-11(12-5-2-3-6-12)14-10-9-13-7-4-8-15(13)16(14)17/h9-12H,2-8,17H2,1H3/t11-/m0/s1. The molecule has 1 atom stereocenters. The third-order valence-corrected chi connectivity index (χ3v) is 4.96. The molecule has 2 aliphatic rings. The first-order chi connectivity index (χ1) is 8.27. The minimum absolute atomic E-state index is 0.656. The first kappa shape index (κ1) is 11.1. The highest BCUT2D eigenvalue weighted by atomic mass is 14.6. The van der Waals surface area contributed by atoms with Crippen LogP contribution in [0.2, 0.25) is 0 Å². The zero-order valence-corrected chi connectivity index (χ0v) is 10.8. The average molecular weight is 229 g/mol. The minimum Gasteiger partial charge on any atom is -0.398 e. The van der Waals surface area contributed by atoms with E-state index in [1.54, 1.807) is 0 Å². The summed E-state index contributed by atoms with van der Waals surface area (Å²) in [6, 6.07) is 4.64. The lowest BCUT2D eigenvalue weighted by Crippen LogP contribution is -2.10. The lowest BCUT2D eigenvalue weighted by atomic mass is 9.84. The SMILES string of the molecule is C[C@H](c1ccc2c(c1N)CCC2)C1CCCC1. The van der Waals surface area contributed by atoms with Crippen molar-refractivity contribution in [2.45, 2.75) is 57.8 Å². The van der Waals surface area contributed by atoms with Crippen LogP contribution in [0, 0.1) is 5.92 Å². The molecule has 0 heterocycles. The molecule has 1 saturated carbocycles. The van der Waals surface area contributed by atoms with Gasteiger partial charge in [-0.25, -0.2) is 0 Å². The van der Waals surface area contributed by atoms with Gasteiger partial charge in [-0.15, -0.1) is 0 Å². The monoisotopic (exact) mass is 229 g/mol. The Bertz CT molecular complexity index is 416. The van der Waals surface area contributed by atoms with E-state index in [9.17, 15) is 0 Å². The van der Waals surface area contributed by atoms with E-state index in [-0.39, 0.29) is 0 Å². The van der Waals surface area contributed by atoms with Gasteiger partial charge >= 0.3 is 0 Å². The van der Waals surface area contributed by atoms with Crippen molar-refractivity contribution >= 4 is 5.69 Å². The zero-order chi connectivity index (χ0) is 11.8. The van der Waals surface area contributed by atoms with Crippen LogP contribution in [-0.4, -0.2) is 0 Å². The summed E-state index contributed by atoms with van der Waals surface area (Å²) < 4.78 is 0. The van der Waals surface area contributed by atoms with E-state index in [4.69, 9.17) is 5.73 Å². The van der Waals surface area contributed by atoms with Gasteiger partial charge in [-0.3, -0.25) is 0 Å². The second kappa shape index (κ2) is 4.36. The quantitative estimate of drug-likeness (QED) is 0.761. The summed E-state index contributed by atoms with van der Waals surface area (Å²) in [6.07, 6.45) is 9.36. The number of hydrogen-bond donors (Lipinski definition) is 1. The Kier molecular flexibility index (Phi) is 2.85. The molecular weight excluding hydrogens is 206 g/mol. The van der Waals surface area contributed by atoms with Gasteiger partial charge in [-0.05, 0) is 60.6 Å². The van der Waals surface area contributed by atoms with Crippen molar-refractivity contribution in [3.05, 3.63) is 28.8 Å². The van der Waals surface area contributed by atoms with Crippen molar-refractivity contribution in [3.63, 3.8) is 0 Å². The van der Waals surface area contributed by atoms with Crippen LogP contribution in [-0.2, 0) is 12.8 Å². The maximum atomic E-state index is 6.40. The minimum atomic E-state index is 0.656. The first-order valence-electron chi connectivity index (χ1n) is 7.17. The van der Waals surface area contributed by atoms with Gasteiger partial charge in [0.1, 0.15) is 0 Å². The fourth-order valence-corrected chi connectivity index (χ4v) is 3.82. The molecule has 2 aliphatic carbocycles. The number of fused-ring (bicyclic) bond motifs is 1. The van der Waals surface area contributed by atoms with Crippen LogP contribution in [0.1, 0.15) is 61.6 Å². The lowest BCUT2D eigenvalue weighted by molar-refractivity contribution is 0.462. The normalized spacial score (nSPS) is 21.7. The second-order valence-electron chi connectivity index (χ2n) is 5.89. The molecule has 0 radical (unpaired) electrons. The largest absolute Gasteiger partial charge is 0.398 e. The highest BCUT2D eigenvalue weighted by Gasteiger charge is 2.26. The van der Waals surface area contributed by atoms with Crippen molar-refractivity contribution in [1.82, 2.24) is 0 Å². The van der Waals surface area contributed by atoms with Crippen molar-refractivity contribution in [2.24, 2.45) is 5.92 Å². The fraction of sp³-hybridized carbons (Fsp3) is 0.625. The number of aryl methyl sites for hydroxylation is 1. The van der Waals surface area contributed by atoms with E-state index in [2.05, 4.69) is 19.1 Å². The molecule has 0 spiro atoms. The van der Waals surface area contributed by atoms with E-state index in [1.165, 1.54) is 61.6 Å². The van der Waals surface area contributed by atoms with Gasteiger partial charge in [-0.2, -0.15) is 0 Å². The van der Waals surface area contributed by atoms with Crippen LogP contribution in [0.5, 0.6) is 0 Å². The molecule has 0 saturated heterocycles. The number of hydrogen-bond acceptors (Lipinski definition) is 1. The Morgan fingerprint density at radius 1 is 1.12 bits per heavy atom. The number of benzene rings is 1. The van der Waals surface area contributed by atoms with Crippen LogP contribution in [0.3, 0.4) is 0 Å². The summed E-state index contributed by atoms with van der Waals surface area (Å²) in [4.78, 5) is 0. The van der Waals surface area contributed by atoms with E-state index in [1.807, 2.05) is 0 Å². The molecule has 92 valence electrons. The van der Waals surface area contributed by atoms with Gasteiger partial charge in [-0.1, -0.05) is 31.9 Å². The van der Waals surface area contributed by atoms with Gasteiger partial charge in [0.15, 0.2) is 0 Å². The molecule has 1 fully saturated rings. The molecule has 1 aromatic carbocycles. The first-order valence-corrected chi connectivity index (χ1v) is 7.17. The zero-order valence-electron chi connectivity index (χ0n) is 10.8. The van der Waals surface area contributed by atoms with Crippen LogP contribution in [0.15, 0.2) is 12.1 Å². The molecular formula is C16H23N. The van der Waals surface area contributed by atoms with Crippen LogP contribution in [0.25, 0.3) is 0 Å². The Balaban J connectivity index is 1.92. The van der Waals surface area contributed by atoms with Crippen LogP contribution >= 0.6 is 0 Å². The summed E-state index contributed by atoms with van der Waals surface area (Å²) in [5.74, 6) is 1.53. The summed E-state index contributed by atoms with van der Waals surface area (Å²) in [6.45, 7) is 2.38. The maximum Gasteiger partial charge on any atom is 0.0384 e. The Morgan fingerprint density at radius 3 is 2.65 bits per heavy atom. The molecule has 0 unspecified atom stereocenters. The molecule has 0 bridgehead atoms. The van der Waals surface area contributed by atoms with Crippen molar-refractivity contribution in [2.75, 3.05) is 5.73 Å². The maximum absolute atomic E-state index is 6.40. The number of rotatable bonds is 2. The van der Waals surface area contributed by atoms with E-state index in [0.717, 1.165) is 11.6 Å². The van der Waals surface area contributed by atoms with Gasteiger partial charge in [0.05, 0.1) is 0 Å². The molecule has 1 heteroatoms. The van der Waals surface area contributed by atoms with Gasteiger partial charge in [0.2, 0.25) is 0 Å². The van der Waals surface area contributed by atoms with E-state index >= 15 is 0 Å². The summed E-state index contributed by atoms with van der Waals surface area (Å²) in [7, 11) is 0. The molecule has 0 amide bonds.